The summed E-state index contributed by atoms with van der Waals surface area (Å²) in [5.74, 6) is -0.952. The number of imidazole rings is 1. The lowest BCUT2D eigenvalue weighted by Gasteiger charge is -2.30. The number of benzene rings is 1. The van der Waals surface area contributed by atoms with E-state index in [1.807, 2.05) is 6.92 Å². The number of nitrogens with zero attached hydrogens (tertiary/aromatic N) is 4. The summed E-state index contributed by atoms with van der Waals surface area (Å²) in [5, 5.41) is 12.5. The van der Waals surface area contributed by atoms with Crippen LogP contribution in [0.2, 0.25) is 5.28 Å². The number of anilines is 1. The standard InChI is InChI=1S/C25H34ClFN6O10P2/c1-3-4-5-9-12-39-24(35)15(2)32-44(36,42-16-10-7-6-8-11-16)43-45(37,38)40-13-17-20(34)18(27)23(41-17)33-14-29-19-21(28)30-25(26)31-22(19)33/h6-8,10-11,14-15,17-18,20,23,34H,3-5,9,12-13H2,1-2H3,(H,32,36)(H,37,38)(H2,28,30,31)/p-1/t15-,17+,18+,20?,23+,44?/m0/s1. The molecule has 3 heterocycles. The minimum atomic E-state index is -5.54. The molecule has 2 aromatic heterocycles. The van der Waals surface area contributed by atoms with Crippen molar-refractivity contribution < 1.29 is 51.1 Å². The molecule has 45 heavy (non-hydrogen) atoms. The van der Waals surface area contributed by atoms with Gasteiger partial charge in [-0.2, -0.15) is 15.1 Å². The van der Waals surface area contributed by atoms with Crippen molar-refractivity contribution in [2.24, 2.45) is 0 Å². The molecule has 0 amide bonds. The third-order valence-electron chi connectivity index (χ3n) is 6.51. The number of aliphatic hydroxyl groups excluding tert-OH is 1. The highest BCUT2D eigenvalue weighted by Crippen LogP contribution is 2.58. The number of carbonyl (C=O) groups is 1. The Morgan fingerprint density at radius 3 is 2.71 bits per heavy atom. The molecule has 1 aliphatic rings. The van der Waals surface area contributed by atoms with E-state index in [-0.39, 0.29) is 34.6 Å². The summed E-state index contributed by atoms with van der Waals surface area (Å²) in [6.45, 7) is 2.47. The number of halogens is 2. The fourth-order valence-electron chi connectivity index (χ4n) is 4.29. The Balaban J connectivity index is 1.43. The van der Waals surface area contributed by atoms with Crippen LogP contribution in [0.4, 0.5) is 10.2 Å². The maximum absolute atomic E-state index is 15.1. The molecule has 1 fully saturated rings. The van der Waals surface area contributed by atoms with Crippen LogP contribution in [-0.4, -0.2) is 68.2 Å². The maximum Gasteiger partial charge on any atom is 0.465 e. The minimum Gasteiger partial charge on any atom is -0.756 e. The average molecular weight is 694 g/mol. The van der Waals surface area contributed by atoms with Gasteiger partial charge in [0.2, 0.25) is 5.28 Å². The number of fused-ring (bicyclic) bond motifs is 1. The molecule has 1 aromatic carbocycles. The highest BCUT2D eigenvalue weighted by Gasteiger charge is 2.47. The summed E-state index contributed by atoms with van der Waals surface area (Å²) in [6.07, 6.45) is -2.49. The van der Waals surface area contributed by atoms with Gasteiger partial charge in [-0.1, -0.05) is 44.4 Å². The summed E-state index contributed by atoms with van der Waals surface area (Å²) in [7, 11) is -10.4. The van der Waals surface area contributed by atoms with E-state index in [9.17, 15) is 23.9 Å². The van der Waals surface area contributed by atoms with E-state index < -0.39 is 58.8 Å². The van der Waals surface area contributed by atoms with Gasteiger partial charge in [0.15, 0.2) is 23.9 Å². The van der Waals surface area contributed by atoms with Crippen molar-refractivity contribution in [2.45, 2.75) is 70.2 Å². The highest BCUT2D eigenvalue weighted by atomic mass is 35.5. The number of aliphatic hydroxyl groups is 1. The fraction of sp³-hybridized carbons (Fsp3) is 0.520. The average Bonchev–Trinajstić information content (AvgIpc) is 3.52. The summed E-state index contributed by atoms with van der Waals surface area (Å²) in [6, 6.07) is 6.12. The predicted octanol–water partition coefficient (Wildman–Crippen LogP) is 3.45. The number of rotatable bonds is 16. The molecule has 3 aromatic rings. The molecule has 1 saturated heterocycles. The second-order valence-electron chi connectivity index (χ2n) is 10.0. The number of aromatic nitrogens is 4. The Bertz CT molecular complexity index is 1560. The second kappa shape index (κ2) is 15.2. The zero-order valence-electron chi connectivity index (χ0n) is 24.2. The van der Waals surface area contributed by atoms with Crippen molar-refractivity contribution in [3.63, 3.8) is 0 Å². The largest absolute Gasteiger partial charge is 0.756 e. The number of ether oxygens (including phenoxy) is 2. The van der Waals surface area contributed by atoms with Gasteiger partial charge in [-0.3, -0.25) is 13.9 Å². The van der Waals surface area contributed by atoms with Crippen molar-refractivity contribution in [3.8, 4) is 5.75 Å². The summed E-state index contributed by atoms with van der Waals surface area (Å²) < 4.78 is 68.4. The Hall–Kier alpha value is -2.72. The number of hydrogen-bond acceptors (Lipinski definition) is 14. The molecule has 1 aliphatic heterocycles. The van der Waals surface area contributed by atoms with Crippen LogP contribution < -0.4 is 20.2 Å². The van der Waals surface area contributed by atoms with Gasteiger partial charge >= 0.3 is 13.7 Å². The summed E-state index contributed by atoms with van der Waals surface area (Å²) >= 11 is 5.85. The van der Waals surface area contributed by atoms with E-state index in [2.05, 4.69) is 20.0 Å². The summed E-state index contributed by atoms with van der Waals surface area (Å²) in [4.78, 5) is 37.1. The lowest BCUT2D eigenvalue weighted by Crippen LogP contribution is -2.35. The third-order valence-corrected chi connectivity index (χ3v) is 9.96. The number of phosphoric ester groups is 1. The van der Waals surface area contributed by atoms with E-state index in [4.69, 9.17) is 40.2 Å². The predicted molar refractivity (Wildman–Crippen MR) is 157 cm³/mol. The van der Waals surface area contributed by atoms with Crippen molar-refractivity contribution in [3.05, 3.63) is 41.9 Å². The first-order chi connectivity index (χ1) is 21.3. The Morgan fingerprint density at radius 1 is 1.27 bits per heavy atom. The maximum atomic E-state index is 15.1. The number of esters is 1. The van der Waals surface area contributed by atoms with Crippen LogP contribution in [0.15, 0.2) is 36.7 Å². The van der Waals surface area contributed by atoms with Gasteiger partial charge in [0.1, 0.15) is 29.5 Å². The Morgan fingerprint density at radius 2 is 2.00 bits per heavy atom. The molecule has 0 saturated carbocycles. The normalized spacial score (nSPS) is 23.3. The van der Waals surface area contributed by atoms with Crippen LogP contribution >= 0.6 is 27.2 Å². The van der Waals surface area contributed by atoms with Crippen LogP contribution in [-0.2, 0) is 32.2 Å². The van der Waals surface area contributed by atoms with Crippen LogP contribution in [0, 0.1) is 0 Å². The zero-order chi connectivity index (χ0) is 32.8. The van der Waals surface area contributed by atoms with Crippen LogP contribution in [0.25, 0.3) is 11.2 Å². The number of hydrogen-bond donors (Lipinski definition) is 3. The van der Waals surface area contributed by atoms with E-state index >= 15 is 4.39 Å². The quantitative estimate of drug-likeness (QED) is 0.0846. The van der Waals surface area contributed by atoms with Crippen LogP contribution in [0.1, 0.15) is 45.8 Å². The third kappa shape index (κ3) is 9.18. The SMILES string of the molecule is CCCCCCOC(=O)[C@H](C)NP(=O)(Oc1ccccc1)OP(=O)([O-])OC[C@H]1O[C@@H](n2cnc3c(N)nc(Cl)nc32)[C@H](F)C1O. The molecular weight excluding hydrogens is 661 g/mol. The fourth-order valence-corrected chi connectivity index (χ4v) is 7.38. The number of alkyl halides is 1. The number of nitrogens with one attached hydrogen (secondary N) is 1. The molecule has 16 nitrogen and oxygen atoms in total. The Labute approximate surface area is 262 Å². The van der Waals surface area contributed by atoms with Crippen LogP contribution in [0.5, 0.6) is 5.75 Å². The van der Waals surface area contributed by atoms with Gasteiger partial charge in [-0.25, -0.2) is 18.3 Å². The highest BCUT2D eigenvalue weighted by molar-refractivity contribution is 7.63. The molecule has 0 spiro atoms. The lowest BCUT2D eigenvalue weighted by atomic mass is 10.1. The van der Waals surface area contributed by atoms with Gasteiger partial charge < -0.3 is 34.3 Å². The zero-order valence-corrected chi connectivity index (χ0v) is 26.8. The van der Waals surface area contributed by atoms with Crippen molar-refractivity contribution in [1.29, 1.82) is 0 Å². The molecule has 20 heteroatoms. The number of carbonyl (C=O) groups excluding carboxylic acids is 1. The molecular formula is C25H33ClFN6O10P2-. The van der Waals surface area contributed by atoms with Crippen molar-refractivity contribution >= 4 is 50.1 Å². The topological polar surface area (TPSA) is 222 Å². The van der Waals surface area contributed by atoms with Gasteiger partial charge in [0.05, 0.1) is 19.5 Å². The Kier molecular flexibility index (Phi) is 11.9. The number of nitrogens with two attached hydrogens (primary N) is 1. The molecule has 0 bridgehead atoms. The molecule has 0 aliphatic carbocycles. The number of nitrogen functional groups attached to an aromatic ring is 1. The molecule has 0 radical (unpaired) electrons. The second-order valence-corrected chi connectivity index (χ2v) is 13.6. The molecule has 248 valence electrons. The van der Waals surface area contributed by atoms with Gasteiger partial charge in [0.25, 0.3) is 7.82 Å². The lowest BCUT2D eigenvalue weighted by molar-refractivity contribution is -0.220. The van der Waals surface area contributed by atoms with Crippen molar-refractivity contribution in [1.82, 2.24) is 24.6 Å². The first kappa shape index (κ1) is 35.1. The number of unbranched alkanes of at least 4 members (excludes halogenated alkanes) is 3. The van der Waals surface area contributed by atoms with Crippen LogP contribution in [0.3, 0.4) is 0 Å². The van der Waals surface area contributed by atoms with Gasteiger partial charge in [0, 0.05) is 0 Å². The molecule has 7 atom stereocenters. The van der Waals surface area contributed by atoms with E-state index in [1.165, 1.54) is 31.2 Å². The smallest absolute Gasteiger partial charge is 0.465 e. The molecule has 4 N–H and O–H groups in total. The number of phosphoric acid groups is 1. The monoisotopic (exact) mass is 693 g/mol. The van der Waals surface area contributed by atoms with E-state index in [0.717, 1.165) is 30.2 Å². The van der Waals surface area contributed by atoms with Gasteiger partial charge in [-0.15, -0.1) is 0 Å². The first-order valence-electron chi connectivity index (χ1n) is 13.9. The summed E-state index contributed by atoms with van der Waals surface area (Å²) in [5.41, 5.74) is 5.88. The first-order valence-corrected chi connectivity index (χ1v) is 17.3. The van der Waals surface area contributed by atoms with E-state index in [1.54, 1.807) is 6.07 Å². The molecule has 4 rings (SSSR count). The minimum absolute atomic E-state index is 0.00503. The number of para-hydroxylation sites is 1. The van der Waals surface area contributed by atoms with E-state index in [0.29, 0.717) is 6.42 Å². The molecule has 3 unspecified atom stereocenters. The van der Waals surface area contributed by atoms with Gasteiger partial charge in [-0.05, 0) is 37.1 Å². The van der Waals surface area contributed by atoms with Crippen molar-refractivity contribution in [2.75, 3.05) is 18.9 Å².